The highest BCUT2D eigenvalue weighted by Crippen LogP contribution is 2.40. The van der Waals surface area contributed by atoms with Crippen molar-refractivity contribution in [2.24, 2.45) is 0 Å². The molecule has 0 fully saturated rings. The lowest BCUT2D eigenvalue weighted by atomic mass is 10.0. The summed E-state index contributed by atoms with van der Waals surface area (Å²) < 4.78 is 19.2. The molecular weight excluding hydrogens is 223 g/mol. The predicted molar refractivity (Wildman–Crippen MR) is 63.5 cm³/mol. The minimum atomic E-state index is -0.183. The van der Waals surface area contributed by atoms with Gasteiger partial charge in [-0.1, -0.05) is 0 Å². The monoisotopic (exact) mass is 234 g/mol. The van der Waals surface area contributed by atoms with E-state index >= 15 is 0 Å². The second-order valence-electron chi connectivity index (χ2n) is 4.09. The lowest BCUT2D eigenvalue weighted by molar-refractivity contribution is 0.255. The SMILES string of the molecule is CC1Cc2cc(F)cc(-c3ccsc3)c2O1. The number of rotatable bonds is 1. The first-order valence-electron chi connectivity index (χ1n) is 5.25. The van der Waals surface area contributed by atoms with Crippen LogP contribution in [0.2, 0.25) is 0 Å². The molecule has 1 aromatic carbocycles. The van der Waals surface area contributed by atoms with Gasteiger partial charge >= 0.3 is 0 Å². The molecule has 1 aliphatic heterocycles. The average molecular weight is 234 g/mol. The van der Waals surface area contributed by atoms with Gasteiger partial charge in [-0.2, -0.15) is 11.3 Å². The van der Waals surface area contributed by atoms with Gasteiger partial charge in [0.05, 0.1) is 0 Å². The van der Waals surface area contributed by atoms with Crippen molar-refractivity contribution in [3.63, 3.8) is 0 Å². The van der Waals surface area contributed by atoms with Gasteiger partial charge < -0.3 is 4.74 Å². The Bertz CT molecular complexity index is 519. The van der Waals surface area contributed by atoms with Crippen molar-refractivity contribution in [3.8, 4) is 16.9 Å². The fourth-order valence-electron chi connectivity index (χ4n) is 2.13. The molecule has 1 aliphatic rings. The Hall–Kier alpha value is -1.35. The molecule has 0 N–H and O–H groups in total. The normalized spacial score (nSPS) is 18.2. The number of hydrogen-bond donors (Lipinski definition) is 0. The van der Waals surface area contributed by atoms with Crippen molar-refractivity contribution in [2.75, 3.05) is 0 Å². The molecule has 2 aromatic rings. The first-order chi connectivity index (χ1) is 7.74. The van der Waals surface area contributed by atoms with E-state index in [1.807, 2.05) is 23.8 Å². The number of halogens is 1. The zero-order valence-corrected chi connectivity index (χ0v) is 9.68. The topological polar surface area (TPSA) is 9.23 Å². The number of hydrogen-bond acceptors (Lipinski definition) is 2. The van der Waals surface area contributed by atoms with Crippen LogP contribution in [0.15, 0.2) is 29.0 Å². The Balaban J connectivity index is 2.19. The highest BCUT2D eigenvalue weighted by atomic mass is 32.1. The first kappa shape index (κ1) is 9.85. The molecule has 0 saturated heterocycles. The van der Waals surface area contributed by atoms with Crippen LogP contribution < -0.4 is 4.74 Å². The van der Waals surface area contributed by atoms with Gasteiger partial charge in [0, 0.05) is 17.5 Å². The highest BCUT2D eigenvalue weighted by molar-refractivity contribution is 7.08. The fourth-order valence-corrected chi connectivity index (χ4v) is 2.78. The Morgan fingerprint density at radius 1 is 1.44 bits per heavy atom. The first-order valence-corrected chi connectivity index (χ1v) is 6.20. The van der Waals surface area contributed by atoms with Crippen LogP contribution in [0.1, 0.15) is 12.5 Å². The van der Waals surface area contributed by atoms with Crippen molar-refractivity contribution in [1.82, 2.24) is 0 Å². The van der Waals surface area contributed by atoms with Crippen LogP contribution in [0.3, 0.4) is 0 Å². The molecule has 1 nitrogen and oxygen atoms in total. The Morgan fingerprint density at radius 3 is 3.06 bits per heavy atom. The molecule has 1 atom stereocenters. The van der Waals surface area contributed by atoms with E-state index in [1.54, 1.807) is 23.5 Å². The van der Waals surface area contributed by atoms with Crippen LogP contribution in [0, 0.1) is 5.82 Å². The van der Waals surface area contributed by atoms with Gasteiger partial charge in [0.15, 0.2) is 0 Å². The zero-order chi connectivity index (χ0) is 11.1. The van der Waals surface area contributed by atoms with Crippen molar-refractivity contribution in [1.29, 1.82) is 0 Å². The van der Waals surface area contributed by atoms with E-state index in [0.29, 0.717) is 0 Å². The van der Waals surface area contributed by atoms with Crippen molar-refractivity contribution < 1.29 is 9.13 Å². The number of benzene rings is 1. The van der Waals surface area contributed by atoms with E-state index in [-0.39, 0.29) is 11.9 Å². The van der Waals surface area contributed by atoms with Gasteiger partial charge in [0.1, 0.15) is 17.7 Å². The minimum absolute atomic E-state index is 0.147. The van der Waals surface area contributed by atoms with Gasteiger partial charge in [0.2, 0.25) is 0 Å². The van der Waals surface area contributed by atoms with E-state index in [0.717, 1.165) is 28.9 Å². The zero-order valence-electron chi connectivity index (χ0n) is 8.87. The molecule has 2 heterocycles. The summed E-state index contributed by atoms with van der Waals surface area (Å²) in [5, 5.41) is 4.01. The lowest BCUT2D eigenvalue weighted by Crippen LogP contribution is -2.05. The standard InChI is InChI=1S/C13H11FOS/c1-8-4-10-5-11(14)6-12(13(10)15-8)9-2-3-16-7-9/h2-3,5-8H,4H2,1H3. The Morgan fingerprint density at radius 2 is 2.31 bits per heavy atom. The molecule has 0 radical (unpaired) electrons. The molecule has 0 bridgehead atoms. The summed E-state index contributed by atoms with van der Waals surface area (Å²) in [6, 6.07) is 5.12. The Labute approximate surface area is 97.5 Å². The molecule has 16 heavy (non-hydrogen) atoms. The van der Waals surface area contributed by atoms with Gasteiger partial charge in [-0.15, -0.1) is 0 Å². The lowest BCUT2D eigenvalue weighted by Gasteiger charge is -2.08. The summed E-state index contributed by atoms with van der Waals surface area (Å²) in [5.41, 5.74) is 2.89. The quantitative estimate of drug-likeness (QED) is 0.727. The predicted octanol–water partition coefficient (Wildman–Crippen LogP) is 3.88. The van der Waals surface area contributed by atoms with E-state index in [1.165, 1.54) is 0 Å². The summed E-state index contributed by atoms with van der Waals surface area (Å²) in [7, 11) is 0. The van der Waals surface area contributed by atoms with E-state index in [9.17, 15) is 4.39 Å². The van der Waals surface area contributed by atoms with Crippen LogP contribution in [0.25, 0.3) is 11.1 Å². The maximum absolute atomic E-state index is 13.5. The van der Waals surface area contributed by atoms with E-state index < -0.39 is 0 Å². The van der Waals surface area contributed by atoms with Gasteiger partial charge in [0.25, 0.3) is 0 Å². The molecule has 3 heteroatoms. The van der Waals surface area contributed by atoms with Gasteiger partial charge in [-0.3, -0.25) is 0 Å². The highest BCUT2D eigenvalue weighted by Gasteiger charge is 2.23. The minimum Gasteiger partial charge on any atom is -0.489 e. The maximum Gasteiger partial charge on any atom is 0.131 e. The molecule has 3 rings (SSSR count). The van der Waals surface area contributed by atoms with Crippen molar-refractivity contribution in [2.45, 2.75) is 19.4 Å². The summed E-state index contributed by atoms with van der Waals surface area (Å²) in [4.78, 5) is 0. The summed E-state index contributed by atoms with van der Waals surface area (Å²) in [6.45, 7) is 2.01. The summed E-state index contributed by atoms with van der Waals surface area (Å²) in [6.07, 6.45) is 0.943. The van der Waals surface area contributed by atoms with Crippen molar-refractivity contribution >= 4 is 11.3 Å². The van der Waals surface area contributed by atoms with Gasteiger partial charge in [-0.05, 0) is 41.4 Å². The summed E-state index contributed by atoms with van der Waals surface area (Å²) in [5.74, 6) is 0.671. The van der Waals surface area contributed by atoms with Crippen LogP contribution in [-0.2, 0) is 6.42 Å². The fraction of sp³-hybridized carbons (Fsp3) is 0.231. The molecular formula is C13H11FOS. The third-order valence-corrected chi connectivity index (χ3v) is 3.47. The van der Waals surface area contributed by atoms with E-state index in [4.69, 9.17) is 4.74 Å². The van der Waals surface area contributed by atoms with Crippen LogP contribution in [0.5, 0.6) is 5.75 Å². The largest absolute Gasteiger partial charge is 0.489 e. The molecule has 0 aliphatic carbocycles. The van der Waals surface area contributed by atoms with Gasteiger partial charge in [-0.25, -0.2) is 4.39 Å². The van der Waals surface area contributed by atoms with Crippen LogP contribution >= 0.6 is 11.3 Å². The third-order valence-electron chi connectivity index (χ3n) is 2.79. The number of fused-ring (bicyclic) bond motifs is 1. The van der Waals surface area contributed by atoms with Crippen LogP contribution in [0.4, 0.5) is 4.39 Å². The molecule has 1 unspecified atom stereocenters. The van der Waals surface area contributed by atoms with Crippen LogP contribution in [-0.4, -0.2) is 6.10 Å². The molecule has 82 valence electrons. The third kappa shape index (κ3) is 1.52. The number of ether oxygens (including phenoxy) is 1. The second kappa shape index (κ2) is 3.59. The molecule has 0 amide bonds. The second-order valence-corrected chi connectivity index (χ2v) is 4.87. The Kier molecular flexibility index (Phi) is 2.21. The molecule has 0 spiro atoms. The maximum atomic E-state index is 13.5. The molecule has 1 aromatic heterocycles. The smallest absolute Gasteiger partial charge is 0.131 e. The number of thiophene rings is 1. The van der Waals surface area contributed by atoms with E-state index in [2.05, 4.69) is 0 Å². The molecule has 0 saturated carbocycles. The average Bonchev–Trinajstić information content (AvgIpc) is 2.83. The summed E-state index contributed by atoms with van der Waals surface area (Å²) >= 11 is 1.61. The van der Waals surface area contributed by atoms with Crippen molar-refractivity contribution in [3.05, 3.63) is 40.3 Å².